The van der Waals surface area contributed by atoms with E-state index in [4.69, 9.17) is 18.9 Å². The van der Waals surface area contributed by atoms with E-state index in [0.717, 1.165) is 54.9 Å². The number of carboxylic acid groups (broad SMARTS) is 1. The number of carbonyl (C=O) groups excluding carboxylic acids is 1. The van der Waals surface area contributed by atoms with Crippen LogP contribution >= 0.6 is 0 Å². The van der Waals surface area contributed by atoms with Gasteiger partial charge < -0.3 is 24.3 Å². The van der Waals surface area contributed by atoms with Crippen molar-refractivity contribution in [3.8, 4) is 17.2 Å². The zero-order valence-electron chi connectivity index (χ0n) is 22.2. The molecule has 0 unspecified atom stereocenters. The van der Waals surface area contributed by atoms with Crippen molar-refractivity contribution in [2.45, 2.75) is 96.3 Å². The Morgan fingerprint density at radius 3 is 2.62 bits per heavy atom. The second-order valence-corrected chi connectivity index (χ2v) is 10.8. The molecule has 2 aromatic rings. The molecule has 4 rings (SSSR count). The molecule has 0 aliphatic heterocycles. The van der Waals surface area contributed by atoms with Crippen LogP contribution < -0.4 is 10.1 Å². The predicted octanol–water partition coefficient (Wildman–Crippen LogP) is 5.70. The van der Waals surface area contributed by atoms with Crippen molar-refractivity contribution in [2.24, 2.45) is 11.8 Å². The molecule has 2 N–H and O–H groups in total. The lowest BCUT2D eigenvalue weighted by Crippen LogP contribution is -2.47. The van der Waals surface area contributed by atoms with Crippen LogP contribution in [0.4, 0.5) is 0 Å². The molecule has 0 radical (unpaired) electrons. The molecule has 2 aliphatic carbocycles. The Morgan fingerprint density at radius 2 is 1.92 bits per heavy atom. The largest absolute Gasteiger partial charge is 0.497 e. The van der Waals surface area contributed by atoms with Crippen molar-refractivity contribution in [3.63, 3.8) is 0 Å². The first kappa shape index (κ1) is 27.2. The lowest BCUT2D eigenvalue weighted by Gasteiger charge is -2.30. The van der Waals surface area contributed by atoms with Crippen LogP contribution in [0.5, 0.6) is 5.75 Å². The van der Waals surface area contributed by atoms with E-state index < -0.39 is 12.0 Å². The zero-order valence-corrected chi connectivity index (χ0v) is 22.2. The first-order chi connectivity index (χ1) is 17.9. The number of hydrogen-bond donors (Lipinski definition) is 2. The molecule has 8 nitrogen and oxygen atoms in total. The number of aromatic nitrogens is 1. The average molecular weight is 513 g/mol. The Balaban J connectivity index is 1.45. The molecular formula is C29H40N2O6. The van der Waals surface area contributed by atoms with Crippen molar-refractivity contribution in [1.82, 2.24) is 10.3 Å². The summed E-state index contributed by atoms with van der Waals surface area (Å²) in [6.07, 6.45) is 8.79. The number of oxazole rings is 1. The number of rotatable bonds is 10. The molecule has 2 saturated carbocycles. The van der Waals surface area contributed by atoms with Gasteiger partial charge in [0.1, 0.15) is 23.2 Å². The minimum Gasteiger partial charge on any atom is -0.497 e. The molecule has 37 heavy (non-hydrogen) atoms. The van der Waals surface area contributed by atoms with Gasteiger partial charge in [0.2, 0.25) is 11.8 Å². The summed E-state index contributed by atoms with van der Waals surface area (Å²) >= 11 is 0. The van der Waals surface area contributed by atoms with Crippen molar-refractivity contribution in [1.29, 1.82) is 0 Å². The average Bonchev–Trinajstić information content (AvgIpc) is 3.35. The fourth-order valence-corrected chi connectivity index (χ4v) is 5.55. The highest BCUT2D eigenvalue weighted by atomic mass is 16.5. The quantitative estimate of drug-likeness (QED) is 0.420. The van der Waals surface area contributed by atoms with Crippen LogP contribution in [0.3, 0.4) is 0 Å². The number of nitrogens with one attached hydrogen (secondary N) is 1. The third-order valence-electron chi connectivity index (χ3n) is 7.70. The van der Waals surface area contributed by atoms with Crippen molar-refractivity contribution in [2.75, 3.05) is 7.11 Å². The van der Waals surface area contributed by atoms with Gasteiger partial charge in [0.25, 0.3) is 0 Å². The number of ether oxygens (including phenoxy) is 2. The van der Waals surface area contributed by atoms with Gasteiger partial charge in [-0.15, -0.1) is 0 Å². The lowest BCUT2D eigenvalue weighted by atomic mass is 9.86. The lowest BCUT2D eigenvalue weighted by molar-refractivity contribution is -0.144. The van der Waals surface area contributed by atoms with Gasteiger partial charge in [0.15, 0.2) is 0 Å². The summed E-state index contributed by atoms with van der Waals surface area (Å²) in [7, 11) is 1.64. The summed E-state index contributed by atoms with van der Waals surface area (Å²) in [5.74, 6) is 0.966. The Bertz CT molecular complexity index is 1060. The van der Waals surface area contributed by atoms with E-state index in [0.29, 0.717) is 24.8 Å². The van der Waals surface area contributed by atoms with Gasteiger partial charge in [-0.25, -0.2) is 9.78 Å². The topological polar surface area (TPSA) is 111 Å². The fraction of sp³-hybridized carbons (Fsp3) is 0.621. The van der Waals surface area contributed by atoms with Crippen LogP contribution in [0.2, 0.25) is 0 Å². The number of methoxy groups -OCH3 is 1. The highest BCUT2D eigenvalue weighted by Gasteiger charge is 2.32. The van der Waals surface area contributed by atoms with Crippen molar-refractivity contribution >= 4 is 11.9 Å². The van der Waals surface area contributed by atoms with Crippen LogP contribution in [0.25, 0.3) is 11.5 Å². The summed E-state index contributed by atoms with van der Waals surface area (Å²) in [5.41, 5.74) is 1.71. The Kier molecular flexibility index (Phi) is 9.24. The second kappa shape index (κ2) is 12.6. The van der Waals surface area contributed by atoms with E-state index in [1.54, 1.807) is 21.0 Å². The van der Waals surface area contributed by atoms with E-state index in [1.165, 1.54) is 19.3 Å². The number of aliphatic carboxylic acids is 1. The Morgan fingerprint density at radius 1 is 1.14 bits per heavy atom. The molecule has 1 aromatic carbocycles. The summed E-state index contributed by atoms with van der Waals surface area (Å²) in [6, 6.07) is 6.84. The third-order valence-corrected chi connectivity index (χ3v) is 7.70. The van der Waals surface area contributed by atoms with Gasteiger partial charge in [-0.2, -0.15) is 0 Å². The fourth-order valence-electron chi connectivity index (χ4n) is 5.55. The van der Waals surface area contributed by atoms with Crippen LogP contribution in [0, 0.1) is 11.8 Å². The van der Waals surface area contributed by atoms with E-state index >= 15 is 0 Å². The maximum atomic E-state index is 12.8. The minimum atomic E-state index is -1.000. The molecule has 202 valence electrons. The van der Waals surface area contributed by atoms with Crippen molar-refractivity contribution < 1.29 is 28.6 Å². The van der Waals surface area contributed by atoms with E-state index in [1.807, 2.05) is 24.3 Å². The first-order valence-electron chi connectivity index (χ1n) is 13.6. The number of nitrogens with zero attached hydrogens (tertiary/aromatic N) is 1. The second-order valence-electron chi connectivity index (χ2n) is 10.8. The van der Waals surface area contributed by atoms with Crippen LogP contribution in [-0.2, 0) is 20.9 Å². The maximum Gasteiger partial charge on any atom is 0.326 e. The molecule has 0 saturated heterocycles. The summed E-state index contributed by atoms with van der Waals surface area (Å²) in [5, 5.41) is 12.2. The molecule has 1 aromatic heterocycles. The van der Waals surface area contributed by atoms with Gasteiger partial charge in [-0.1, -0.05) is 45.6 Å². The molecule has 0 bridgehead atoms. The highest BCUT2D eigenvalue weighted by Crippen LogP contribution is 2.38. The summed E-state index contributed by atoms with van der Waals surface area (Å²) in [4.78, 5) is 29.2. The Hall–Kier alpha value is -2.87. The maximum absolute atomic E-state index is 12.8. The molecule has 2 aliphatic rings. The monoisotopic (exact) mass is 512 g/mol. The molecule has 2 fully saturated rings. The standard InChI is InChI=1S/C29H40N2O6/c1-18(2)25(29(33)34)31-27(32)20-11-7-14-23(15-20)36-17-24-26(19-9-5-4-6-10-19)37-28(30-24)21-12-8-13-22(16-21)35-3/h8,12-13,16,18-20,23,25H,4-7,9-11,14-15,17H2,1-3H3,(H,31,32)(H,33,34)/t20-,23+,25-/m0/s1. The van der Waals surface area contributed by atoms with Gasteiger partial charge in [-0.05, 0) is 56.2 Å². The highest BCUT2D eigenvalue weighted by molar-refractivity contribution is 5.85. The minimum absolute atomic E-state index is 0.0806. The smallest absolute Gasteiger partial charge is 0.326 e. The van der Waals surface area contributed by atoms with E-state index in [9.17, 15) is 14.7 Å². The SMILES string of the molecule is COc1cccc(-c2nc(CO[C@@H]3CCC[C@H](C(=O)N[C@H](C(=O)O)C(C)C)C3)c(C3CCCCC3)o2)c1. The molecular weight excluding hydrogens is 472 g/mol. The molecule has 0 spiro atoms. The zero-order chi connectivity index (χ0) is 26.4. The summed E-state index contributed by atoms with van der Waals surface area (Å²) in [6.45, 7) is 3.93. The predicted molar refractivity (Wildman–Crippen MR) is 139 cm³/mol. The van der Waals surface area contributed by atoms with Crippen molar-refractivity contribution in [3.05, 3.63) is 35.7 Å². The van der Waals surface area contributed by atoms with Crippen LogP contribution in [-0.4, -0.2) is 41.2 Å². The normalized spacial score (nSPS) is 21.5. The Labute approximate surface area is 219 Å². The number of hydrogen-bond acceptors (Lipinski definition) is 6. The van der Waals surface area contributed by atoms with Gasteiger partial charge >= 0.3 is 5.97 Å². The first-order valence-corrected chi connectivity index (χ1v) is 13.6. The van der Waals surface area contributed by atoms with Gasteiger partial charge in [0.05, 0.1) is 19.8 Å². The summed E-state index contributed by atoms with van der Waals surface area (Å²) < 4.78 is 18.1. The van der Waals surface area contributed by atoms with Crippen LogP contribution in [0.15, 0.2) is 28.7 Å². The number of carboxylic acids is 1. The van der Waals surface area contributed by atoms with Gasteiger partial charge in [-0.3, -0.25) is 4.79 Å². The van der Waals surface area contributed by atoms with E-state index in [2.05, 4.69) is 5.32 Å². The van der Waals surface area contributed by atoms with E-state index in [-0.39, 0.29) is 23.8 Å². The third kappa shape index (κ3) is 6.92. The molecule has 3 atom stereocenters. The molecule has 8 heteroatoms. The number of benzene rings is 1. The molecule has 1 heterocycles. The van der Waals surface area contributed by atoms with Gasteiger partial charge in [0, 0.05) is 17.4 Å². The van der Waals surface area contributed by atoms with Crippen LogP contribution in [0.1, 0.15) is 89.0 Å². The molecule has 1 amide bonds. The number of amides is 1. The number of carbonyl (C=O) groups is 2.